The number of carbonyl (C=O) groups excluding carboxylic acids is 3. The molecule has 1 N–H and O–H groups in total. The minimum atomic E-state index is -0.333. The topological polar surface area (TPSA) is 84.9 Å². The predicted molar refractivity (Wildman–Crippen MR) is 126 cm³/mol. The molecule has 7 nitrogen and oxygen atoms in total. The smallest absolute Gasteiger partial charge is 0.261 e. The zero-order valence-electron chi connectivity index (χ0n) is 18.7. The van der Waals surface area contributed by atoms with Gasteiger partial charge in [-0.1, -0.05) is 23.8 Å². The molecule has 0 spiro atoms. The first-order valence-corrected chi connectivity index (χ1v) is 11.3. The van der Waals surface area contributed by atoms with Gasteiger partial charge in [-0.3, -0.25) is 19.3 Å². The van der Waals surface area contributed by atoms with Crippen molar-refractivity contribution in [1.82, 2.24) is 4.90 Å². The lowest BCUT2D eigenvalue weighted by Gasteiger charge is -2.17. The lowest BCUT2D eigenvalue weighted by atomic mass is 10.1. The van der Waals surface area contributed by atoms with Crippen molar-refractivity contribution in [2.45, 2.75) is 25.9 Å². The molecule has 1 unspecified atom stereocenters. The maximum Gasteiger partial charge on any atom is 0.261 e. The van der Waals surface area contributed by atoms with Crippen molar-refractivity contribution in [2.75, 3.05) is 18.5 Å². The fourth-order valence-electron chi connectivity index (χ4n) is 4.17. The number of nitrogens with zero attached hydrogens (tertiary/aromatic N) is 1. The number of ether oxygens (including phenoxy) is 2. The summed E-state index contributed by atoms with van der Waals surface area (Å²) >= 11 is 0. The number of amides is 3. The van der Waals surface area contributed by atoms with Gasteiger partial charge >= 0.3 is 0 Å². The molecule has 0 bridgehead atoms. The molecule has 2 aliphatic heterocycles. The fourth-order valence-corrected chi connectivity index (χ4v) is 4.17. The van der Waals surface area contributed by atoms with E-state index in [0.29, 0.717) is 40.5 Å². The molecule has 0 aliphatic carbocycles. The SMILES string of the molecule is Cc1ccc(C(=O)Nc2cccc(Oc3ccc4c(c3)C(=O)N(CC3CCCO3)C4=O)c2)cc1. The minimum Gasteiger partial charge on any atom is -0.457 e. The van der Waals surface area contributed by atoms with E-state index < -0.39 is 0 Å². The summed E-state index contributed by atoms with van der Waals surface area (Å²) in [5, 5.41) is 2.86. The number of anilines is 1. The summed E-state index contributed by atoms with van der Waals surface area (Å²) in [7, 11) is 0. The second-order valence-electron chi connectivity index (χ2n) is 8.51. The molecule has 34 heavy (non-hydrogen) atoms. The molecule has 0 aromatic heterocycles. The quantitative estimate of drug-likeness (QED) is 0.538. The molecule has 1 fully saturated rings. The van der Waals surface area contributed by atoms with Gasteiger partial charge in [0.1, 0.15) is 11.5 Å². The first-order chi connectivity index (χ1) is 16.5. The van der Waals surface area contributed by atoms with E-state index >= 15 is 0 Å². The van der Waals surface area contributed by atoms with Gasteiger partial charge in [0.2, 0.25) is 0 Å². The van der Waals surface area contributed by atoms with E-state index in [1.807, 2.05) is 19.1 Å². The van der Waals surface area contributed by atoms with Crippen LogP contribution >= 0.6 is 0 Å². The molecule has 5 rings (SSSR count). The molecular formula is C27H24N2O5. The maximum absolute atomic E-state index is 12.9. The van der Waals surface area contributed by atoms with Crippen LogP contribution in [-0.4, -0.2) is 41.9 Å². The van der Waals surface area contributed by atoms with E-state index in [1.54, 1.807) is 54.6 Å². The highest BCUT2D eigenvalue weighted by molar-refractivity contribution is 6.21. The van der Waals surface area contributed by atoms with Crippen molar-refractivity contribution in [3.63, 3.8) is 0 Å². The third-order valence-electron chi connectivity index (χ3n) is 5.99. The van der Waals surface area contributed by atoms with Crippen molar-refractivity contribution >= 4 is 23.4 Å². The van der Waals surface area contributed by atoms with E-state index in [2.05, 4.69) is 5.32 Å². The zero-order valence-corrected chi connectivity index (χ0v) is 18.7. The van der Waals surface area contributed by atoms with Crippen LogP contribution in [0.25, 0.3) is 0 Å². The summed E-state index contributed by atoms with van der Waals surface area (Å²) in [6, 6.07) is 19.2. The summed E-state index contributed by atoms with van der Waals surface area (Å²) in [5.74, 6) is 0.0727. The number of nitrogens with one attached hydrogen (secondary N) is 1. The summed E-state index contributed by atoms with van der Waals surface area (Å²) in [5.41, 5.74) is 2.92. The number of hydrogen-bond donors (Lipinski definition) is 1. The first-order valence-electron chi connectivity index (χ1n) is 11.3. The standard InChI is InChI=1S/C27H24N2O5/c1-17-7-9-18(10-8-17)25(30)28-19-4-2-5-20(14-19)34-21-11-12-23-24(15-21)27(32)29(26(23)31)16-22-6-3-13-33-22/h2,4-5,7-12,14-15,22H,3,6,13,16H2,1H3,(H,28,30). The second-order valence-corrected chi connectivity index (χ2v) is 8.51. The zero-order chi connectivity index (χ0) is 23.7. The number of hydrogen-bond acceptors (Lipinski definition) is 5. The monoisotopic (exact) mass is 456 g/mol. The molecule has 3 amide bonds. The van der Waals surface area contributed by atoms with E-state index in [1.165, 1.54) is 4.90 Å². The third-order valence-corrected chi connectivity index (χ3v) is 5.99. The Morgan fingerprint density at radius 1 is 1.00 bits per heavy atom. The number of fused-ring (bicyclic) bond motifs is 1. The van der Waals surface area contributed by atoms with Gasteiger partial charge in [0.15, 0.2) is 0 Å². The Bertz CT molecular complexity index is 1260. The molecule has 1 atom stereocenters. The molecule has 0 saturated carbocycles. The van der Waals surface area contributed by atoms with Crippen LogP contribution in [0.5, 0.6) is 11.5 Å². The minimum absolute atomic E-state index is 0.101. The second kappa shape index (κ2) is 9.11. The summed E-state index contributed by atoms with van der Waals surface area (Å²) < 4.78 is 11.5. The Labute approximate surface area is 197 Å². The van der Waals surface area contributed by atoms with Crippen LogP contribution in [0.15, 0.2) is 66.7 Å². The number of rotatable bonds is 6. The van der Waals surface area contributed by atoms with Gasteiger partial charge in [0.25, 0.3) is 17.7 Å². The van der Waals surface area contributed by atoms with Gasteiger partial charge in [-0.2, -0.15) is 0 Å². The first kappa shape index (κ1) is 21.9. The van der Waals surface area contributed by atoms with E-state index in [-0.39, 0.29) is 30.4 Å². The van der Waals surface area contributed by atoms with Crippen LogP contribution in [0.3, 0.4) is 0 Å². The molecule has 3 aromatic carbocycles. The summed E-state index contributed by atoms with van der Waals surface area (Å²) in [6.07, 6.45) is 1.69. The van der Waals surface area contributed by atoms with E-state index in [0.717, 1.165) is 18.4 Å². The van der Waals surface area contributed by atoms with Crippen molar-refractivity contribution in [3.8, 4) is 11.5 Å². The largest absolute Gasteiger partial charge is 0.457 e. The maximum atomic E-state index is 12.9. The number of imide groups is 1. The predicted octanol–water partition coefficient (Wildman–Crippen LogP) is 4.81. The third kappa shape index (κ3) is 4.43. The molecule has 2 aliphatic rings. The van der Waals surface area contributed by atoms with Crippen molar-refractivity contribution < 1.29 is 23.9 Å². The van der Waals surface area contributed by atoms with Gasteiger partial charge in [-0.15, -0.1) is 0 Å². The van der Waals surface area contributed by atoms with Crippen LogP contribution in [0.2, 0.25) is 0 Å². The van der Waals surface area contributed by atoms with E-state index in [9.17, 15) is 14.4 Å². The average molecular weight is 456 g/mol. The Kier molecular flexibility index (Phi) is 5.86. The average Bonchev–Trinajstić information content (AvgIpc) is 3.43. The Balaban J connectivity index is 1.29. The summed E-state index contributed by atoms with van der Waals surface area (Å²) in [6.45, 7) is 2.90. The van der Waals surface area contributed by atoms with Gasteiger partial charge in [0, 0.05) is 23.9 Å². The number of benzene rings is 3. The molecule has 1 saturated heterocycles. The van der Waals surface area contributed by atoms with Crippen LogP contribution in [-0.2, 0) is 4.74 Å². The highest BCUT2D eigenvalue weighted by Gasteiger charge is 2.37. The normalized spacial score (nSPS) is 17.1. The van der Waals surface area contributed by atoms with Crippen molar-refractivity contribution in [2.24, 2.45) is 0 Å². The molecule has 2 heterocycles. The molecule has 172 valence electrons. The highest BCUT2D eigenvalue weighted by atomic mass is 16.5. The fraction of sp³-hybridized carbons (Fsp3) is 0.222. The Morgan fingerprint density at radius 2 is 1.76 bits per heavy atom. The molecule has 3 aromatic rings. The lowest BCUT2D eigenvalue weighted by Crippen LogP contribution is -2.36. The van der Waals surface area contributed by atoms with Crippen LogP contribution < -0.4 is 10.1 Å². The molecule has 0 radical (unpaired) electrons. The number of aryl methyl sites for hydroxylation is 1. The van der Waals surface area contributed by atoms with Crippen LogP contribution in [0, 0.1) is 6.92 Å². The van der Waals surface area contributed by atoms with Gasteiger partial charge < -0.3 is 14.8 Å². The van der Waals surface area contributed by atoms with Gasteiger partial charge in [-0.05, 0) is 62.2 Å². The Morgan fingerprint density at radius 3 is 2.53 bits per heavy atom. The lowest BCUT2D eigenvalue weighted by molar-refractivity contribution is 0.0475. The molecule has 7 heteroatoms. The van der Waals surface area contributed by atoms with Gasteiger partial charge in [-0.25, -0.2) is 0 Å². The van der Waals surface area contributed by atoms with E-state index in [4.69, 9.17) is 9.47 Å². The van der Waals surface area contributed by atoms with Crippen molar-refractivity contribution in [3.05, 3.63) is 89.0 Å². The molecular weight excluding hydrogens is 432 g/mol. The summed E-state index contributed by atoms with van der Waals surface area (Å²) in [4.78, 5) is 39.4. The Hall–Kier alpha value is -3.97. The van der Waals surface area contributed by atoms with Crippen LogP contribution in [0.1, 0.15) is 49.5 Å². The van der Waals surface area contributed by atoms with Crippen LogP contribution in [0.4, 0.5) is 5.69 Å². The van der Waals surface area contributed by atoms with Gasteiger partial charge in [0.05, 0.1) is 23.8 Å². The number of carbonyl (C=O) groups is 3. The van der Waals surface area contributed by atoms with Crippen molar-refractivity contribution in [1.29, 1.82) is 0 Å². The highest BCUT2D eigenvalue weighted by Crippen LogP contribution is 2.31.